The number of hydrogen-bond donors (Lipinski definition) is 2. The highest BCUT2D eigenvalue weighted by Crippen LogP contribution is 2.37. The molecule has 0 saturated heterocycles. The van der Waals surface area contributed by atoms with Crippen molar-refractivity contribution in [1.82, 2.24) is 4.37 Å². The van der Waals surface area contributed by atoms with Gasteiger partial charge in [-0.3, -0.25) is 0 Å². The third-order valence-electron chi connectivity index (χ3n) is 3.62. The second kappa shape index (κ2) is 6.46. The zero-order valence-electron chi connectivity index (χ0n) is 12.1. The van der Waals surface area contributed by atoms with Gasteiger partial charge < -0.3 is 15.8 Å². The van der Waals surface area contributed by atoms with Crippen LogP contribution in [0.15, 0.2) is 0 Å². The number of hydrogen-bond acceptors (Lipinski definition) is 5. The largest absolute Gasteiger partial charge is 0.484 e. The van der Waals surface area contributed by atoms with Crippen LogP contribution >= 0.6 is 11.5 Å². The molecule has 19 heavy (non-hydrogen) atoms. The Balaban J connectivity index is 1.92. The van der Waals surface area contributed by atoms with E-state index in [0.717, 1.165) is 29.1 Å². The van der Waals surface area contributed by atoms with Crippen molar-refractivity contribution < 1.29 is 4.74 Å². The minimum Gasteiger partial charge on any atom is -0.484 e. The van der Waals surface area contributed by atoms with Crippen molar-refractivity contribution in [2.45, 2.75) is 52.6 Å². The topological polar surface area (TPSA) is 60.2 Å². The van der Waals surface area contributed by atoms with Gasteiger partial charge in [-0.1, -0.05) is 19.8 Å². The number of nitrogens with one attached hydrogen (secondary N) is 1. The van der Waals surface area contributed by atoms with Gasteiger partial charge >= 0.3 is 0 Å². The molecule has 0 bridgehead atoms. The summed E-state index contributed by atoms with van der Waals surface area (Å²) >= 11 is 1.40. The minimum absolute atomic E-state index is 0.119. The average molecular weight is 283 g/mol. The molecular formula is C14H25N3OS. The fraction of sp³-hybridized carbons (Fsp3) is 0.786. The molecule has 1 aromatic heterocycles. The Morgan fingerprint density at radius 3 is 2.95 bits per heavy atom. The molecule has 2 unspecified atom stereocenters. The van der Waals surface area contributed by atoms with E-state index < -0.39 is 0 Å². The number of aromatic nitrogens is 1. The van der Waals surface area contributed by atoms with Gasteiger partial charge in [0.2, 0.25) is 0 Å². The second-order valence-corrected chi connectivity index (χ2v) is 6.68. The number of ether oxygens (including phenoxy) is 1. The molecule has 1 aliphatic rings. The molecule has 4 nitrogen and oxygen atoms in total. The molecule has 1 aromatic rings. The van der Waals surface area contributed by atoms with Crippen molar-refractivity contribution in [3.05, 3.63) is 0 Å². The van der Waals surface area contributed by atoms with Crippen molar-refractivity contribution in [3.63, 3.8) is 0 Å². The zero-order chi connectivity index (χ0) is 13.8. The smallest absolute Gasteiger partial charge is 0.197 e. The molecule has 1 saturated carbocycles. The Bertz CT molecular complexity index is 405. The van der Waals surface area contributed by atoms with Crippen molar-refractivity contribution in [2.75, 3.05) is 17.6 Å². The summed E-state index contributed by atoms with van der Waals surface area (Å²) < 4.78 is 9.92. The van der Waals surface area contributed by atoms with Gasteiger partial charge in [-0.2, -0.15) is 4.37 Å². The third kappa shape index (κ3) is 4.00. The van der Waals surface area contributed by atoms with Crippen LogP contribution in [0.2, 0.25) is 0 Å². The van der Waals surface area contributed by atoms with Crippen molar-refractivity contribution in [2.24, 2.45) is 11.8 Å². The van der Waals surface area contributed by atoms with E-state index in [4.69, 9.17) is 10.5 Å². The molecule has 1 heterocycles. The maximum atomic E-state index is 5.85. The van der Waals surface area contributed by atoms with Gasteiger partial charge in [-0.15, -0.1) is 0 Å². The quantitative estimate of drug-likeness (QED) is 0.864. The van der Waals surface area contributed by atoms with E-state index in [-0.39, 0.29) is 6.10 Å². The fourth-order valence-electron chi connectivity index (χ4n) is 2.74. The lowest BCUT2D eigenvalue weighted by Crippen LogP contribution is -2.21. The first kappa shape index (κ1) is 14.4. The molecule has 108 valence electrons. The van der Waals surface area contributed by atoms with Crippen LogP contribution in [0.25, 0.3) is 0 Å². The van der Waals surface area contributed by atoms with Gasteiger partial charge in [0.25, 0.3) is 0 Å². The van der Waals surface area contributed by atoms with E-state index in [9.17, 15) is 0 Å². The van der Waals surface area contributed by atoms with Gasteiger partial charge in [-0.05, 0) is 50.1 Å². The van der Waals surface area contributed by atoms with Gasteiger partial charge in [0.15, 0.2) is 16.6 Å². The maximum Gasteiger partial charge on any atom is 0.197 e. The normalized spacial score (nSPS) is 23.6. The van der Waals surface area contributed by atoms with Crippen LogP contribution in [0, 0.1) is 11.8 Å². The summed E-state index contributed by atoms with van der Waals surface area (Å²) in [5.74, 6) is 2.85. The van der Waals surface area contributed by atoms with Crippen LogP contribution in [-0.4, -0.2) is 17.0 Å². The van der Waals surface area contributed by atoms with E-state index in [2.05, 4.69) is 16.6 Å². The number of anilines is 2. The maximum absolute atomic E-state index is 5.85. The predicted molar refractivity (Wildman–Crippen MR) is 81.9 cm³/mol. The van der Waals surface area contributed by atoms with Crippen LogP contribution in [0.5, 0.6) is 5.75 Å². The van der Waals surface area contributed by atoms with Crippen LogP contribution in [0.4, 0.5) is 10.8 Å². The highest BCUT2D eigenvalue weighted by Gasteiger charge is 2.20. The molecule has 3 N–H and O–H groups in total. The lowest BCUT2D eigenvalue weighted by atomic mass is 9.82. The first-order chi connectivity index (χ1) is 9.06. The number of nitrogen functional groups attached to an aromatic ring is 1. The van der Waals surface area contributed by atoms with Crippen molar-refractivity contribution in [1.29, 1.82) is 0 Å². The zero-order valence-corrected chi connectivity index (χ0v) is 12.9. The van der Waals surface area contributed by atoms with E-state index in [1.54, 1.807) is 0 Å². The molecule has 0 radical (unpaired) electrons. The standard InChI is InChI=1S/C14H25N3OS/c1-9(2)18-12-13(15)17-19-14(12)16-8-11-6-4-5-10(3)7-11/h9-11,16H,4-8H2,1-3H3,(H2,15,17). The summed E-state index contributed by atoms with van der Waals surface area (Å²) in [5, 5.41) is 4.46. The van der Waals surface area contributed by atoms with Crippen molar-refractivity contribution >= 4 is 22.4 Å². The summed E-state index contributed by atoms with van der Waals surface area (Å²) in [4.78, 5) is 0. The summed E-state index contributed by atoms with van der Waals surface area (Å²) in [6.45, 7) is 7.36. The summed E-state index contributed by atoms with van der Waals surface area (Å²) in [6, 6.07) is 0. The molecule has 0 aliphatic heterocycles. The van der Waals surface area contributed by atoms with E-state index >= 15 is 0 Å². The Hall–Kier alpha value is -0.970. The second-order valence-electron chi connectivity index (χ2n) is 5.91. The Morgan fingerprint density at radius 2 is 2.26 bits per heavy atom. The molecule has 5 heteroatoms. The van der Waals surface area contributed by atoms with Crippen LogP contribution < -0.4 is 15.8 Å². The Morgan fingerprint density at radius 1 is 1.47 bits per heavy atom. The first-order valence-corrected chi connectivity index (χ1v) is 7.99. The number of nitrogens with zero attached hydrogens (tertiary/aromatic N) is 1. The Labute approximate surface area is 119 Å². The van der Waals surface area contributed by atoms with E-state index in [1.165, 1.54) is 37.2 Å². The minimum atomic E-state index is 0.119. The van der Waals surface area contributed by atoms with E-state index in [1.807, 2.05) is 13.8 Å². The summed E-state index contributed by atoms with van der Waals surface area (Å²) in [6.07, 6.45) is 5.50. The lowest BCUT2D eigenvalue weighted by Gasteiger charge is -2.27. The SMILES string of the molecule is CC1CCCC(CNc2snc(N)c2OC(C)C)C1. The molecule has 0 spiro atoms. The molecule has 2 atom stereocenters. The molecule has 0 aromatic carbocycles. The molecule has 1 aliphatic carbocycles. The average Bonchev–Trinajstić information content (AvgIpc) is 2.68. The van der Waals surface area contributed by atoms with Crippen LogP contribution in [-0.2, 0) is 0 Å². The molecular weight excluding hydrogens is 258 g/mol. The fourth-order valence-corrected chi connectivity index (χ4v) is 3.39. The van der Waals surface area contributed by atoms with Gasteiger partial charge in [0, 0.05) is 6.54 Å². The molecule has 0 amide bonds. The van der Waals surface area contributed by atoms with Crippen LogP contribution in [0.1, 0.15) is 46.5 Å². The Kier molecular flexibility index (Phi) is 4.91. The highest BCUT2D eigenvalue weighted by molar-refractivity contribution is 7.11. The van der Waals surface area contributed by atoms with Crippen molar-refractivity contribution in [3.8, 4) is 5.75 Å². The summed E-state index contributed by atoms with van der Waals surface area (Å²) in [5.41, 5.74) is 5.85. The van der Waals surface area contributed by atoms with E-state index in [0.29, 0.717) is 5.82 Å². The lowest BCUT2D eigenvalue weighted by molar-refractivity contribution is 0.245. The van der Waals surface area contributed by atoms with Gasteiger partial charge in [-0.25, -0.2) is 0 Å². The number of nitrogens with two attached hydrogens (primary N) is 1. The molecule has 1 fully saturated rings. The monoisotopic (exact) mass is 283 g/mol. The third-order valence-corrected chi connectivity index (χ3v) is 4.42. The summed E-state index contributed by atoms with van der Waals surface area (Å²) in [7, 11) is 0. The predicted octanol–water partition coefficient (Wildman–Crippen LogP) is 3.75. The van der Waals surface area contributed by atoms with Gasteiger partial charge in [0.05, 0.1) is 6.10 Å². The van der Waals surface area contributed by atoms with Gasteiger partial charge in [0.1, 0.15) is 0 Å². The van der Waals surface area contributed by atoms with Crippen LogP contribution in [0.3, 0.4) is 0 Å². The highest BCUT2D eigenvalue weighted by atomic mass is 32.1. The number of rotatable bonds is 5. The first-order valence-electron chi connectivity index (χ1n) is 7.22. The molecule has 2 rings (SSSR count).